The molecular formula is C18H14ClN5OS2. The molecule has 27 heavy (non-hydrogen) atoms. The lowest BCUT2D eigenvalue weighted by molar-refractivity contribution is -0.115. The first kappa shape index (κ1) is 17.8. The standard InChI is InChI=1S/C18H14ClN5OS2/c1-10-3-2-4-13-16(10)24-18(27-13)23-15(25)7-12-9-26-17(21-12)22-14-6-5-11(19)8-20-14/h2-6,8-9H,7H2,1H3,(H,20,21,22)(H,23,24,25). The van der Waals surface area contributed by atoms with Crippen LogP contribution in [0.25, 0.3) is 10.2 Å². The molecule has 0 fully saturated rings. The first-order chi connectivity index (χ1) is 13.1. The average molecular weight is 416 g/mol. The van der Waals surface area contributed by atoms with Crippen molar-refractivity contribution in [3.63, 3.8) is 0 Å². The normalized spacial score (nSPS) is 10.9. The summed E-state index contributed by atoms with van der Waals surface area (Å²) in [6, 6.07) is 9.51. The first-order valence-electron chi connectivity index (χ1n) is 8.06. The second kappa shape index (κ2) is 7.59. The highest BCUT2D eigenvalue weighted by molar-refractivity contribution is 7.22. The predicted molar refractivity (Wildman–Crippen MR) is 111 cm³/mol. The Morgan fingerprint density at radius 1 is 1.19 bits per heavy atom. The number of carbonyl (C=O) groups is 1. The van der Waals surface area contributed by atoms with Crippen molar-refractivity contribution >= 4 is 66.5 Å². The molecule has 9 heteroatoms. The Balaban J connectivity index is 1.40. The molecule has 0 aliphatic carbocycles. The van der Waals surface area contributed by atoms with Gasteiger partial charge in [0.1, 0.15) is 5.82 Å². The van der Waals surface area contributed by atoms with E-state index >= 15 is 0 Å². The molecular weight excluding hydrogens is 402 g/mol. The lowest BCUT2D eigenvalue weighted by Crippen LogP contribution is -2.14. The Labute approximate surface area is 168 Å². The van der Waals surface area contributed by atoms with Crippen LogP contribution >= 0.6 is 34.3 Å². The van der Waals surface area contributed by atoms with Crippen molar-refractivity contribution in [3.8, 4) is 0 Å². The summed E-state index contributed by atoms with van der Waals surface area (Å²) < 4.78 is 1.06. The lowest BCUT2D eigenvalue weighted by atomic mass is 10.2. The molecule has 3 heterocycles. The smallest absolute Gasteiger partial charge is 0.232 e. The molecule has 6 nitrogen and oxygen atoms in total. The molecule has 0 radical (unpaired) electrons. The third-order valence-corrected chi connectivity index (χ3v) is 5.69. The Kier molecular flexibility index (Phi) is 5.02. The van der Waals surface area contributed by atoms with Crippen molar-refractivity contribution in [1.82, 2.24) is 15.0 Å². The van der Waals surface area contributed by atoms with Crippen LogP contribution in [0.1, 0.15) is 11.3 Å². The van der Waals surface area contributed by atoms with Crippen molar-refractivity contribution in [1.29, 1.82) is 0 Å². The van der Waals surface area contributed by atoms with Crippen molar-refractivity contribution in [2.24, 2.45) is 0 Å². The zero-order valence-corrected chi connectivity index (χ0v) is 16.6. The second-order valence-electron chi connectivity index (χ2n) is 5.80. The predicted octanol–water partition coefficient (Wildman–Crippen LogP) is 5.03. The van der Waals surface area contributed by atoms with Gasteiger partial charge in [0.2, 0.25) is 5.91 Å². The average Bonchev–Trinajstić information content (AvgIpc) is 3.24. The largest absolute Gasteiger partial charge is 0.316 e. The first-order valence-corrected chi connectivity index (χ1v) is 10.1. The van der Waals surface area contributed by atoms with Gasteiger partial charge in [-0.3, -0.25) is 4.79 Å². The summed E-state index contributed by atoms with van der Waals surface area (Å²) in [5, 5.41) is 9.64. The van der Waals surface area contributed by atoms with Gasteiger partial charge in [0.25, 0.3) is 0 Å². The van der Waals surface area contributed by atoms with E-state index < -0.39 is 0 Å². The number of nitrogens with one attached hydrogen (secondary N) is 2. The van der Waals surface area contributed by atoms with E-state index in [1.165, 1.54) is 22.7 Å². The highest BCUT2D eigenvalue weighted by atomic mass is 35.5. The number of thiazole rings is 2. The van der Waals surface area contributed by atoms with E-state index in [-0.39, 0.29) is 12.3 Å². The molecule has 1 aromatic carbocycles. The summed E-state index contributed by atoms with van der Waals surface area (Å²) in [5.74, 6) is 0.503. The molecule has 3 aromatic heterocycles. The van der Waals surface area contributed by atoms with Gasteiger partial charge in [-0.2, -0.15) is 0 Å². The van der Waals surface area contributed by atoms with Crippen molar-refractivity contribution in [2.45, 2.75) is 13.3 Å². The number of hydrogen-bond donors (Lipinski definition) is 2. The van der Waals surface area contributed by atoms with Crippen molar-refractivity contribution in [2.75, 3.05) is 10.6 Å². The van der Waals surface area contributed by atoms with Gasteiger partial charge in [-0.1, -0.05) is 35.1 Å². The van der Waals surface area contributed by atoms with Crippen LogP contribution in [0.3, 0.4) is 0 Å². The lowest BCUT2D eigenvalue weighted by Gasteiger charge is -2.01. The van der Waals surface area contributed by atoms with Crippen molar-refractivity contribution in [3.05, 3.63) is 58.2 Å². The summed E-state index contributed by atoms with van der Waals surface area (Å²) in [6.07, 6.45) is 1.74. The van der Waals surface area contributed by atoms with E-state index in [9.17, 15) is 4.79 Å². The molecule has 1 amide bonds. The van der Waals surface area contributed by atoms with E-state index in [0.29, 0.717) is 26.8 Å². The molecule has 4 rings (SSSR count). The zero-order valence-electron chi connectivity index (χ0n) is 14.2. The quantitative estimate of drug-likeness (QED) is 0.477. The van der Waals surface area contributed by atoms with Crippen LogP contribution in [0.5, 0.6) is 0 Å². The van der Waals surface area contributed by atoms with Gasteiger partial charge in [-0.15, -0.1) is 11.3 Å². The summed E-state index contributed by atoms with van der Waals surface area (Å²) >= 11 is 8.71. The minimum absolute atomic E-state index is 0.145. The Hall–Kier alpha value is -2.55. The molecule has 0 unspecified atom stereocenters. The number of pyridine rings is 1. The topological polar surface area (TPSA) is 79.8 Å². The number of anilines is 3. The number of aryl methyl sites for hydroxylation is 1. The van der Waals surface area contributed by atoms with E-state index in [1.807, 2.05) is 30.5 Å². The molecule has 0 aliphatic heterocycles. The summed E-state index contributed by atoms with van der Waals surface area (Å²) in [4.78, 5) is 25.4. The van der Waals surface area contributed by atoms with Crippen molar-refractivity contribution < 1.29 is 4.79 Å². The number of halogens is 1. The molecule has 0 aliphatic rings. The highest BCUT2D eigenvalue weighted by Crippen LogP contribution is 2.28. The highest BCUT2D eigenvalue weighted by Gasteiger charge is 2.12. The van der Waals surface area contributed by atoms with Crippen LogP contribution in [0.4, 0.5) is 16.1 Å². The molecule has 0 saturated heterocycles. The number of benzene rings is 1. The van der Waals surface area contributed by atoms with E-state index in [1.54, 1.807) is 18.3 Å². The van der Waals surface area contributed by atoms with Gasteiger partial charge in [0, 0.05) is 11.6 Å². The Morgan fingerprint density at radius 2 is 2.07 bits per heavy atom. The summed E-state index contributed by atoms with van der Waals surface area (Å²) in [5.41, 5.74) is 2.70. The fraction of sp³-hybridized carbons (Fsp3) is 0.111. The van der Waals surface area contributed by atoms with Crippen LogP contribution in [0.15, 0.2) is 41.9 Å². The van der Waals surface area contributed by atoms with Gasteiger partial charge in [-0.25, -0.2) is 15.0 Å². The SMILES string of the molecule is Cc1cccc2sc(NC(=O)Cc3csc(Nc4ccc(Cl)cn4)n3)nc12. The second-order valence-corrected chi connectivity index (χ2v) is 8.12. The molecule has 0 bridgehead atoms. The molecule has 0 saturated carbocycles. The number of carbonyl (C=O) groups excluding carboxylic acids is 1. The fourth-order valence-corrected chi connectivity index (χ4v) is 4.26. The third-order valence-electron chi connectivity index (χ3n) is 3.72. The number of amides is 1. The van der Waals surface area contributed by atoms with Gasteiger partial charge in [0.05, 0.1) is 27.4 Å². The minimum Gasteiger partial charge on any atom is -0.316 e. The van der Waals surface area contributed by atoms with Gasteiger partial charge >= 0.3 is 0 Å². The number of hydrogen-bond acceptors (Lipinski definition) is 7. The zero-order chi connectivity index (χ0) is 18.8. The van der Waals surface area contributed by atoms with E-state index in [2.05, 4.69) is 25.6 Å². The number of aromatic nitrogens is 3. The van der Waals surface area contributed by atoms with Crippen LogP contribution in [0, 0.1) is 6.92 Å². The molecule has 136 valence electrons. The Morgan fingerprint density at radius 3 is 2.85 bits per heavy atom. The number of nitrogens with zero attached hydrogens (tertiary/aromatic N) is 3. The Bertz CT molecular complexity index is 1110. The summed E-state index contributed by atoms with van der Waals surface area (Å²) in [7, 11) is 0. The number of para-hydroxylation sites is 1. The van der Waals surface area contributed by atoms with Crippen LogP contribution in [-0.4, -0.2) is 20.9 Å². The monoisotopic (exact) mass is 415 g/mol. The molecule has 0 atom stereocenters. The minimum atomic E-state index is -0.145. The van der Waals surface area contributed by atoms with Gasteiger partial charge < -0.3 is 10.6 Å². The molecule has 2 N–H and O–H groups in total. The third kappa shape index (κ3) is 4.24. The molecule has 0 spiro atoms. The van der Waals surface area contributed by atoms with Crippen LogP contribution in [0.2, 0.25) is 5.02 Å². The van der Waals surface area contributed by atoms with Crippen LogP contribution in [-0.2, 0) is 11.2 Å². The van der Waals surface area contributed by atoms with E-state index in [4.69, 9.17) is 11.6 Å². The maximum Gasteiger partial charge on any atom is 0.232 e. The summed E-state index contributed by atoms with van der Waals surface area (Å²) in [6.45, 7) is 2.01. The maximum atomic E-state index is 12.3. The van der Waals surface area contributed by atoms with Gasteiger partial charge in [-0.05, 0) is 30.7 Å². The van der Waals surface area contributed by atoms with Crippen LogP contribution < -0.4 is 10.6 Å². The number of rotatable bonds is 5. The number of fused-ring (bicyclic) bond motifs is 1. The fourth-order valence-electron chi connectivity index (χ4n) is 2.47. The van der Waals surface area contributed by atoms with E-state index in [0.717, 1.165) is 15.8 Å². The van der Waals surface area contributed by atoms with Gasteiger partial charge in [0.15, 0.2) is 10.3 Å². The maximum absolute atomic E-state index is 12.3. The molecule has 4 aromatic rings.